The number of amides is 1. The van der Waals surface area contributed by atoms with Gasteiger partial charge < -0.3 is 10.1 Å². The van der Waals surface area contributed by atoms with Crippen molar-refractivity contribution in [1.82, 2.24) is 0 Å². The van der Waals surface area contributed by atoms with Crippen molar-refractivity contribution in [1.29, 1.82) is 0 Å². The average molecular weight is 441 g/mol. The van der Waals surface area contributed by atoms with E-state index in [0.717, 1.165) is 15.0 Å². The van der Waals surface area contributed by atoms with E-state index < -0.39 is 22.0 Å². The summed E-state index contributed by atoms with van der Waals surface area (Å²) in [5.74, 6) is 0.207. The van der Waals surface area contributed by atoms with Gasteiger partial charge in [-0.25, -0.2) is 8.42 Å². The molecule has 0 heterocycles. The van der Waals surface area contributed by atoms with Crippen LogP contribution in [-0.2, 0) is 14.8 Å². The van der Waals surface area contributed by atoms with Gasteiger partial charge in [0.1, 0.15) is 11.8 Å². The highest BCUT2D eigenvalue weighted by Crippen LogP contribution is 2.25. The number of ether oxygens (including phenoxy) is 1. The van der Waals surface area contributed by atoms with Gasteiger partial charge >= 0.3 is 0 Å². The third kappa shape index (κ3) is 5.22. The maximum Gasteiger partial charge on any atom is 0.247 e. The Morgan fingerprint density at radius 1 is 1.23 bits per heavy atom. The van der Waals surface area contributed by atoms with Gasteiger partial charge in [-0.2, -0.15) is 0 Å². The van der Waals surface area contributed by atoms with Crippen molar-refractivity contribution in [2.24, 2.45) is 0 Å². The number of rotatable bonds is 7. The largest absolute Gasteiger partial charge is 0.494 e. The van der Waals surface area contributed by atoms with Crippen LogP contribution in [0.5, 0.6) is 5.75 Å². The van der Waals surface area contributed by atoms with E-state index in [2.05, 4.69) is 21.2 Å². The molecule has 0 radical (unpaired) electrons. The lowest BCUT2D eigenvalue weighted by molar-refractivity contribution is -0.116. The molecule has 140 valence electrons. The summed E-state index contributed by atoms with van der Waals surface area (Å²) in [6.07, 6.45) is 1.08. The highest BCUT2D eigenvalue weighted by molar-refractivity contribution is 9.10. The average Bonchev–Trinajstić information content (AvgIpc) is 2.55. The van der Waals surface area contributed by atoms with E-state index in [0.29, 0.717) is 23.7 Å². The fraction of sp³-hybridized carbons (Fsp3) is 0.278. The van der Waals surface area contributed by atoms with Gasteiger partial charge in [-0.3, -0.25) is 9.10 Å². The number of anilines is 2. The van der Waals surface area contributed by atoms with Crippen molar-refractivity contribution in [2.75, 3.05) is 22.5 Å². The standard InChI is InChI=1S/C18H21BrN2O4S/c1-4-25-17-10-8-16(9-11-17)21(26(3,23)24)13(2)18(22)20-15-7-5-6-14(19)12-15/h5-13H,4H2,1-3H3,(H,20,22)/t13-/m0/s1. The van der Waals surface area contributed by atoms with Crippen molar-refractivity contribution in [3.8, 4) is 5.75 Å². The zero-order valence-corrected chi connectivity index (χ0v) is 17.2. The Hall–Kier alpha value is -2.06. The van der Waals surface area contributed by atoms with Gasteiger partial charge in [-0.1, -0.05) is 22.0 Å². The lowest BCUT2D eigenvalue weighted by Gasteiger charge is -2.28. The normalized spacial score (nSPS) is 12.3. The Morgan fingerprint density at radius 3 is 2.42 bits per heavy atom. The maximum atomic E-state index is 12.6. The maximum absolute atomic E-state index is 12.6. The van der Waals surface area contributed by atoms with E-state index in [1.54, 1.807) is 49.4 Å². The second-order valence-electron chi connectivity index (χ2n) is 5.66. The van der Waals surface area contributed by atoms with E-state index in [9.17, 15) is 13.2 Å². The lowest BCUT2D eigenvalue weighted by atomic mass is 10.2. The van der Waals surface area contributed by atoms with Gasteiger partial charge in [-0.05, 0) is 56.3 Å². The summed E-state index contributed by atoms with van der Waals surface area (Å²) in [7, 11) is -3.67. The molecule has 26 heavy (non-hydrogen) atoms. The molecule has 1 atom stereocenters. The van der Waals surface area contributed by atoms with E-state index in [-0.39, 0.29) is 0 Å². The van der Waals surface area contributed by atoms with Crippen LogP contribution in [-0.4, -0.2) is 33.2 Å². The first-order valence-corrected chi connectivity index (χ1v) is 10.6. The number of nitrogens with zero attached hydrogens (tertiary/aromatic N) is 1. The minimum atomic E-state index is -3.67. The molecule has 0 aliphatic carbocycles. The number of halogens is 1. The van der Waals surface area contributed by atoms with Crippen molar-refractivity contribution in [3.63, 3.8) is 0 Å². The molecule has 0 aliphatic rings. The summed E-state index contributed by atoms with van der Waals surface area (Å²) < 4.78 is 31.9. The second-order valence-corrected chi connectivity index (χ2v) is 8.44. The third-order valence-electron chi connectivity index (χ3n) is 3.58. The van der Waals surface area contributed by atoms with Crippen molar-refractivity contribution in [3.05, 3.63) is 53.0 Å². The second kappa shape index (κ2) is 8.55. The molecule has 2 rings (SSSR count). The smallest absolute Gasteiger partial charge is 0.247 e. The minimum Gasteiger partial charge on any atom is -0.494 e. The topological polar surface area (TPSA) is 75.7 Å². The van der Waals surface area contributed by atoms with Crippen LogP contribution in [0.3, 0.4) is 0 Å². The molecule has 1 N–H and O–H groups in total. The zero-order valence-electron chi connectivity index (χ0n) is 14.8. The molecule has 0 saturated heterocycles. The molecule has 0 aliphatic heterocycles. The molecule has 2 aromatic carbocycles. The Labute approximate surface area is 162 Å². The first kappa shape index (κ1) is 20.3. The molecular formula is C18H21BrN2O4S. The van der Waals surface area contributed by atoms with Gasteiger partial charge in [0.15, 0.2) is 0 Å². The van der Waals surface area contributed by atoms with Gasteiger partial charge in [0.25, 0.3) is 0 Å². The summed E-state index contributed by atoms with van der Waals surface area (Å²) in [5.41, 5.74) is 0.976. The molecule has 6 nitrogen and oxygen atoms in total. The van der Waals surface area contributed by atoms with Gasteiger partial charge in [-0.15, -0.1) is 0 Å². The predicted molar refractivity (Wildman–Crippen MR) is 107 cm³/mol. The Kier molecular flexibility index (Phi) is 6.66. The number of hydrogen-bond donors (Lipinski definition) is 1. The molecule has 2 aromatic rings. The molecule has 1 amide bonds. The van der Waals surface area contributed by atoms with Crippen molar-refractivity contribution < 1.29 is 17.9 Å². The first-order valence-electron chi connectivity index (χ1n) is 8.01. The van der Waals surface area contributed by atoms with Gasteiger partial charge in [0.2, 0.25) is 15.9 Å². The number of carbonyl (C=O) groups is 1. The zero-order chi connectivity index (χ0) is 19.3. The van der Waals surface area contributed by atoms with Crippen molar-refractivity contribution >= 4 is 43.2 Å². The SMILES string of the molecule is CCOc1ccc(N([C@@H](C)C(=O)Nc2cccc(Br)c2)S(C)(=O)=O)cc1. The monoisotopic (exact) mass is 440 g/mol. The van der Waals surface area contributed by atoms with Crippen LogP contribution in [0.4, 0.5) is 11.4 Å². The Balaban J connectivity index is 2.27. The van der Waals surface area contributed by atoms with Crippen LogP contribution in [0.25, 0.3) is 0 Å². The van der Waals surface area contributed by atoms with Crippen LogP contribution >= 0.6 is 15.9 Å². The van der Waals surface area contributed by atoms with E-state index in [4.69, 9.17) is 4.74 Å². The highest BCUT2D eigenvalue weighted by atomic mass is 79.9. The van der Waals surface area contributed by atoms with Crippen molar-refractivity contribution in [2.45, 2.75) is 19.9 Å². The molecule has 0 unspecified atom stereocenters. The van der Waals surface area contributed by atoms with Crippen LogP contribution in [0.15, 0.2) is 53.0 Å². The number of hydrogen-bond acceptors (Lipinski definition) is 4. The predicted octanol–water partition coefficient (Wildman–Crippen LogP) is 3.64. The van der Waals surface area contributed by atoms with E-state index in [1.807, 2.05) is 13.0 Å². The summed E-state index contributed by atoms with van der Waals surface area (Å²) in [4.78, 5) is 12.6. The summed E-state index contributed by atoms with van der Waals surface area (Å²) in [6, 6.07) is 12.8. The van der Waals surface area contributed by atoms with E-state index >= 15 is 0 Å². The minimum absolute atomic E-state index is 0.396. The quantitative estimate of drug-likeness (QED) is 0.712. The molecule has 0 aromatic heterocycles. The Bertz CT molecular complexity index is 869. The summed E-state index contributed by atoms with van der Waals surface area (Å²) in [6.45, 7) is 3.93. The van der Waals surface area contributed by atoms with Crippen LogP contribution < -0.4 is 14.4 Å². The van der Waals surface area contributed by atoms with Crippen LogP contribution in [0.2, 0.25) is 0 Å². The van der Waals surface area contributed by atoms with Crippen LogP contribution in [0, 0.1) is 0 Å². The summed E-state index contributed by atoms with van der Waals surface area (Å²) in [5, 5.41) is 2.74. The van der Waals surface area contributed by atoms with E-state index in [1.165, 1.54) is 0 Å². The molecule has 0 fully saturated rings. The number of nitrogens with one attached hydrogen (secondary N) is 1. The Morgan fingerprint density at radius 2 is 1.88 bits per heavy atom. The number of sulfonamides is 1. The first-order chi connectivity index (χ1) is 12.2. The molecule has 0 spiro atoms. The van der Waals surface area contributed by atoms with Gasteiger partial charge in [0, 0.05) is 10.2 Å². The summed E-state index contributed by atoms with van der Waals surface area (Å²) >= 11 is 3.34. The third-order valence-corrected chi connectivity index (χ3v) is 5.32. The molecule has 8 heteroatoms. The molecule has 0 bridgehead atoms. The fourth-order valence-corrected chi connectivity index (χ4v) is 4.05. The van der Waals surface area contributed by atoms with Crippen LogP contribution in [0.1, 0.15) is 13.8 Å². The molecule has 0 saturated carbocycles. The fourth-order valence-electron chi connectivity index (χ4n) is 2.48. The van der Waals surface area contributed by atoms with Gasteiger partial charge in [0.05, 0.1) is 18.6 Å². The molecular weight excluding hydrogens is 420 g/mol. The highest BCUT2D eigenvalue weighted by Gasteiger charge is 2.29. The lowest BCUT2D eigenvalue weighted by Crippen LogP contribution is -2.45. The number of benzene rings is 2. The number of carbonyl (C=O) groups excluding carboxylic acids is 1.